The van der Waals surface area contributed by atoms with Gasteiger partial charge in [-0.3, -0.25) is 10.1 Å². The summed E-state index contributed by atoms with van der Waals surface area (Å²) in [6.45, 7) is -3.00. The average molecular weight is 310 g/mol. The van der Waals surface area contributed by atoms with Gasteiger partial charge in [0.05, 0.1) is 12.0 Å². The number of nitrogens with one attached hydrogen (secondary N) is 1. The van der Waals surface area contributed by atoms with E-state index in [2.05, 4.69) is 10.1 Å². The number of hydrogen-bond acceptors (Lipinski definition) is 5. The SMILES string of the molecule is COc1ccc(Nc2ccccc2[N+](=O)[O-])cc1OC(F)F. The lowest BCUT2D eigenvalue weighted by atomic mass is 10.2. The van der Waals surface area contributed by atoms with Crippen LogP contribution >= 0.6 is 0 Å². The van der Waals surface area contributed by atoms with Crippen LogP contribution in [0.4, 0.5) is 25.8 Å². The lowest BCUT2D eigenvalue weighted by Gasteiger charge is -2.12. The number of para-hydroxylation sites is 2. The highest BCUT2D eigenvalue weighted by molar-refractivity contribution is 5.70. The number of alkyl halides is 2. The Kier molecular flexibility index (Phi) is 4.72. The zero-order chi connectivity index (χ0) is 16.1. The van der Waals surface area contributed by atoms with Gasteiger partial charge in [-0.1, -0.05) is 12.1 Å². The standard InChI is InChI=1S/C14H12F2N2O4/c1-21-12-7-6-9(8-13(12)22-14(15)16)17-10-4-2-3-5-11(10)18(19)20/h2-8,14,17H,1H3. The zero-order valence-corrected chi connectivity index (χ0v) is 11.5. The molecule has 0 fully saturated rings. The maximum Gasteiger partial charge on any atom is 0.387 e. The van der Waals surface area contributed by atoms with Gasteiger partial charge in [0.25, 0.3) is 5.69 Å². The Morgan fingerprint density at radius 2 is 1.91 bits per heavy atom. The van der Waals surface area contributed by atoms with Crippen LogP contribution in [0.15, 0.2) is 42.5 Å². The fourth-order valence-electron chi connectivity index (χ4n) is 1.84. The molecular formula is C14H12F2N2O4. The second kappa shape index (κ2) is 6.70. The molecule has 0 aliphatic carbocycles. The topological polar surface area (TPSA) is 73.6 Å². The monoisotopic (exact) mass is 310 g/mol. The quantitative estimate of drug-likeness (QED) is 0.646. The number of nitro groups is 1. The van der Waals surface area contributed by atoms with Crippen molar-refractivity contribution in [3.8, 4) is 11.5 Å². The normalized spacial score (nSPS) is 10.4. The molecule has 2 aromatic carbocycles. The van der Waals surface area contributed by atoms with Crippen LogP contribution in [-0.4, -0.2) is 18.6 Å². The van der Waals surface area contributed by atoms with Gasteiger partial charge in [0, 0.05) is 17.8 Å². The molecule has 0 saturated heterocycles. The summed E-state index contributed by atoms with van der Waals surface area (Å²) >= 11 is 0. The van der Waals surface area contributed by atoms with E-state index in [0.29, 0.717) is 5.69 Å². The Hall–Kier alpha value is -2.90. The lowest BCUT2D eigenvalue weighted by molar-refractivity contribution is -0.383. The summed E-state index contributed by atoms with van der Waals surface area (Å²) in [5.74, 6) is -0.0329. The third kappa shape index (κ3) is 3.60. The second-order valence-corrected chi connectivity index (χ2v) is 4.14. The predicted molar refractivity (Wildman–Crippen MR) is 76.0 cm³/mol. The van der Waals surface area contributed by atoms with Gasteiger partial charge in [-0.2, -0.15) is 8.78 Å². The Bertz CT molecular complexity index is 680. The van der Waals surface area contributed by atoms with Crippen molar-refractivity contribution in [3.63, 3.8) is 0 Å². The number of ether oxygens (including phenoxy) is 2. The molecule has 1 N–H and O–H groups in total. The van der Waals surface area contributed by atoms with Crippen molar-refractivity contribution in [1.82, 2.24) is 0 Å². The highest BCUT2D eigenvalue weighted by atomic mass is 19.3. The molecule has 2 aromatic rings. The molecule has 0 unspecified atom stereocenters. The first kappa shape index (κ1) is 15.5. The van der Waals surface area contributed by atoms with E-state index in [0.717, 1.165) is 0 Å². The minimum atomic E-state index is -3.00. The van der Waals surface area contributed by atoms with Gasteiger partial charge in [0.1, 0.15) is 5.69 Å². The van der Waals surface area contributed by atoms with E-state index in [4.69, 9.17) is 4.74 Å². The van der Waals surface area contributed by atoms with E-state index in [9.17, 15) is 18.9 Å². The Morgan fingerprint density at radius 3 is 2.55 bits per heavy atom. The molecule has 8 heteroatoms. The van der Waals surface area contributed by atoms with E-state index in [-0.39, 0.29) is 22.9 Å². The first-order chi connectivity index (χ1) is 10.5. The smallest absolute Gasteiger partial charge is 0.387 e. The summed E-state index contributed by atoms with van der Waals surface area (Å²) in [7, 11) is 1.32. The summed E-state index contributed by atoms with van der Waals surface area (Å²) in [6.07, 6.45) is 0. The predicted octanol–water partition coefficient (Wildman–Crippen LogP) is 3.95. The van der Waals surface area contributed by atoms with Gasteiger partial charge in [0.15, 0.2) is 11.5 Å². The Morgan fingerprint density at radius 1 is 1.18 bits per heavy atom. The molecule has 0 heterocycles. The van der Waals surface area contributed by atoms with Crippen LogP contribution in [0.1, 0.15) is 0 Å². The molecule has 0 saturated carbocycles. The van der Waals surface area contributed by atoms with Gasteiger partial charge in [-0.15, -0.1) is 0 Å². The summed E-state index contributed by atoms with van der Waals surface area (Å²) in [5.41, 5.74) is 0.459. The minimum absolute atomic E-state index is 0.130. The third-order valence-electron chi connectivity index (χ3n) is 2.76. The van der Waals surface area contributed by atoms with E-state index in [1.54, 1.807) is 6.07 Å². The zero-order valence-electron chi connectivity index (χ0n) is 11.5. The minimum Gasteiger partial charge on any atom is -0.493 e. The van der Waals surface area contributed by atoms with E-state index >= 15 is 0 Å². The lowest BCUT2D eigenvalue weighted by Crippen LogP contribution is -2.04. The molecule has 0 aliphatic rings. The molecule has 0 aromatic heterocycles. The van der Waals surface area contributed by atoms with E-state index in [1.807, 2.05) is 0 Å². The molecule has 0 amide bonds. The van der Waals surface area contributed by atoms with Crippen LogP contribution in [0, 0.1) is 10.1 Å². The fraction of sp³-hybridized carbons (Fsp3) is 0.143. The van der Waals surface area contributed by atoms with Crippen molar-refractivity contribution in [1.29, 1.82) is 0 Å². The van der Waals surface area contributed by atoms with Gasteiger partial charge >= 0.3 is 6.61 Å². The molecule has 6 nitrogen and oxygen atoms in total. The first-order valence-corrected chi connectivity index (χ1v) is 6.14. The number of benzene rings is 2. The van der Waals surface area contributed by atoms with Crippen LogP contribution in [0.5, 0.6) is 11.5 Å². The van der Waals surface area contributed by atoms with Crippen molar-refractivity contribution in [3.05, 3.63) is 52.6 Å². The molecular weight excluding hydrogens is 298 g/mol. The summed E-state index contributed by atoms with van der Waals surface area (Å²) in [6, 6.07) is 10.2. The number of anilines is 2. The molecule has 0 aliphatic heterocycles. The highest BCUT2D eigenvalue weighted by Crippen LogP contribution is 2.34. The molecule has 0 bridgehead atoms. The Labute approximate surface area is 124 Å². The second-order valence-electron chi connectivity index (χ2n) is 4.14. The number of rotatable bonds is 6. The van der Waals surface area contributed by atoms with Crippen molar-refractivity contribution in [2.45, 2.75) is 6.61 Å². The molecule has 116 valence electrons. The van der Waals surface area contributed by atoms with Crippen LogP contribution in [0.3, 0.4) is 0 Å². The molecule has 22 heavy (non-hydrogen) atoms. The maximum absolute atomic E-state index is 12.4. The van der Waals surface area contributed by atoms with Gasteiger partial charge in [-0.05, 0) is 18.2 Å². The highest BCUT2D eigenvalue weighted by Gasteiger charge is 2.15. The van der Waals surface area contributed by atoms with Gasteiger partial charge in [0.2, 0.25) is 0 Å². The summed E-state index contributed by atoms with van der Waals surface area (Å²) < 4.78 is 34.0. The molecule has 0 atom stereocenters. The van der Waals surface area contributed by atoms with Gasteiger partial charge in [-0.25, -0.2) is 0 Å². The summed E-state index contributed by atoms with van der Waals surface area (Å²) in [4.78, 5) is 10.4. The molecule has 0 radical (unpaired) electrons. The number of nitro benzene ring substituents is 1. The van der Waals surface area contributed by atoms with Crippen molar-refractivity contribution in [2.75, 3.05) is 12.4 Å². The third-order valence-corrected chi connectivity index (χ3v) is 2.76. The molecule has 0 spiro atoms. The number of methoxy groups -OCH3 is 1. The Balaban J connectivity index is 2.32. The van der Waals surface area contributed by atoms with Crippen LogP contribution in [0.2, 0.25) is 0 Å². The van der Waals surface area contributed by atoms with Crippen molar-refractivity contribution >= 4 is 17.1 Å². The van der Waals surface area contributed by atoms with Crippen LogP contribution < -0.4 is 14.8 Å². The van der Waals surface area contributed by atoms with Crippen LogP contribution in [-0.2, 0) is 0 Å². The number of hydrogen-bond donors (Lipinski definition) is 1. The first-order valence-electron chi connectivity index (χ1n) is 6.14. The van der Waals surface area contributed by atoms with E-state index in [1.165, 1.54) is 43.5 Å². The number of nitrogens with zero attached hydrogens (tertiary/aromatic N) is 1. The largest absolute Gasteiger partial charge is 0.493 e. The van der Waals surface area contributed by atoms with E-state index < -0.39 is 11.5 Å². The fourth-order valence-corrected chi connectivity index (χ4v) is 1.84. The maximum atomic E-state index is 12.4. The van der Waals surface area contributed by atoms with Gasteiger partial charge < -0.3 is 14.8 Å². The molecule has 2 rings (SSSR count). The average Bonchev–Trinajstić information content (AvgIpc) is 2.47. The number of halogens is 2. The van der Waals surface area contributed by atoms with Crippen molar-refractivity contribution < 1.29 is 23.2 Å². The van der Waals surface area contributed by atoms with Crippen LogP contribution in [0.25, 0.3) is 0 Å². The summed E-state index contributed by atoms with van der Waals surface area (Å²) in [5, 5.41) is 13.7. The van der Waals surface area contributed by atoms with Crippen molar-refractivity contribution in [2.24, 2.45) is 0 Å².